The van der Waals surface area contributed by atoms with Gasteiger partial charge in [-0.2, -0.15) is 0 Å². The van der Waals surface area contributed by atoms with Crippen LogP contribution in [0.5, 0.6) is 5.75 Å². The van der Waals surface area contributed by atoms with Gasteiger partial charge in [-0.15, -0.1) is 0 Å². The largest absolute Gasteiger partial charge is 0.492 e. The standard InChI is InChI=1S/C15H16N2O2/c1-17(15(18)14-9-5-6-10-16-14)11-12-19-13-7-3-2-4-8-13/h2-10H,11-12H2,1H3. The van der Waals surface area contributed by atoms with Gasteiger partial charge in [-0.25, -0.2) is 0 Å². The van der Waals surface area contributed by atoms with E-state index >= 15 is 0 Å². The Hall–Kier alpha value is -2.36. The summed E-state index contributed by atoms with van der Waals surface area (Å²) in [6.07, 6.45) is 1.61. The number of pyridine rings is 1. The normalized spacial score (nSPS) is 9.95. The lowest BCUT2D eigenvalue weighted by atomic mass is 10.3. The van der Waals surface area contributed by atoms with Gasteiger partial charge in [0.05, 0.1) is 6.54 Å². The molecule has 0 spiro atoms. The molecule has 98 valence electrons. The lowest BCUT2D eigenvalue weighted by Gasteiger charge is -2.16. The molecule has 0 atom stereocenters. The number of rotatable bonds is 5. The van der Waals surface area contributed by atoms with Crippen molar-refractivity contribution in [3.8, 4) is 5.75 Å². The number of carbonyl (C=O) groups is 1. The maximum atomic E-state index is 12.0. The van der Waals surface area contributed by atoms with Gasteiger partial charge in [0.2, 0.25) is 0 Å². The zero-order valence-corrected chi connectivity index (χ0v) is 10.8. The SMILES string of the molecule is CN(CCOc1ccccc1)C(=O)c1ccccn1. The number of para-hydroxylation sites is 1. The third kappa shape index (κ3) is 3.81. The molecule has 0 aliphatic heterocycles. The van der Waals surface area contributed by atoms with Crippen molar-refractivity contribution in [2.45, 2.75) is 0 Å². The summed E-state index contributed by atoms with van der Waals surface area (Å²) in [6, 6.07) is 14.8. The van der Waals surface area contributed by atoms with Crippen LogP contribution < -0.4 is 4.74 Å². The van der Waals surface area contributed by atoms with Crippen LogP contribution in [-0.2, 0) is 0 Å². The summed E-state index contributed by atoms with van der Waals surface area (Å²) in [5, 5.41) is 0. The van der Waals surface area contributed by atoms with Gasteiger partial charge in [0, 0.05) is 13.2 Å². The fraction of sp³-hybridized carbons (Fsp3) is 0.200. The molecule has 0 fully saturated rings. The molecule has 1 amide bonds. The second-order valence-corrected chi connectivity index (χ2v) is 4.10. The van der Waals surface area contributed by atoms with Crippen LogP contribution in [-0.4, -0.2) is 36.0 Å². The predicted octanol–water partition coefficient (Wildman–Crippen LogP) is 2.23. The van der Waals surface area contributed by atoms with Crippen LogP contribution in [0.15, 0.2) is 54.7 Å². The zero-order valence-electron chi connectivity index (χ0n) is 10.8. The van der Waals surface area contributed by atoms with E-state index in [2.05, 4.69) is 4.98 Å². The van der Waals surface area contributed by atoms with E-state index in [1.165, 1.54) is 0 Å². The predicted molar refractivity (Wildman–Crippen MR) is 73.1 cm³/mol. The minimum absolute atomic E-state index is 0.0998. The van der Waals surface area contributed by atoms with Crippen molar-refractivity contribution in [3.05, 3.63) is 60.4 Å². The number of carbonyl (C=O) groups excluding carboxylic acids is 1. The van der Waals surface area contributed by atoms with E-state index in [1.54, 1.807) is 36.3 Å². The average molecular weight is 256 g/mol. The van der Waals surface area contributed by atoms with Crippen LogP contribution in [0.3, 0.4) is 0 Å². The van der Waals surface area contributed by atoms with Gasteiger partial charge in [0.15, 0.2) is 0 Å². The van der Waals surface area contributed by atoms with Crippen LogP contribution in [0.1, 0.15) is 10.5 Å². The van der Waals surface area contributed by atoms with Crippen LogP contribution in [0.4, 0.5) is 0 Å². The maximum Gasteiger partial charge on any atom is 0.272 e. The maximum absolute atomic E-state index is 12.0. The molecule has 1 aromatic carbocycles. The second kappa shape index (κ2) is 6.54. The van der Waals surface area contributed by atoms with Gasteiger partial charge in [-0.1, -0.05) is 24.3 Å². The van der Waals surface area contributed by atoms with Gasteiger partial charge in [0.1, 0.15) is 18.1 Å². The second-order valence-electron chi connectivity index (χ2n) is 4.10. The minimum atomic E-state index is -0.0998. The zero-order chi connectivity index (χ0) is 13.5. The molecule has 0 saturated heterocycles. The van der Waals surface area contributed by atoms with Gasteiger partial charge in [-0.05, 0) is 24.3 Å². The highest BCUT2D eigenvalue weighted by Gasteiger charge is 2.11. The third-order valence-corrected chi connectivity index (χ3v) is 2.67. The Kier molecular flexibility index (Phi) is 4.50. The summed E-state index contributed by atoms with van der Waals surface area (Å²) in [5.74, 6) is 0.707. The molecular weight excluding hydrogens is 240 g/mol. The Bertz CT molecular complexity index is 514. The lowest BCUT2D eigenvalue weighted by Crippen LogP contribution is -2.31. The highest BCUT2D eigenvalue weighted by molar-refractivity contribution is 5.91. The smallest absolute Gasteiger partial charge is 0.272 e. The lowest BCUT2D eigenvalue weighted by molar-refractivity contribution is 0.0768. The first-order valence-electron chi connectivity index (χ1n) is 6.12. The molecule has 0 aliphatic rings. The quantitative estimate of drug-likeness (QED) is 0.824. The Morgan fingerprint density at radius 1 is 1.16 bits per heavy atom. The first-order valence-corrected chi connectivity index (χ1v) is 6.12. The minimum Gasteiger partial charge on any atom is -0.492 e. The average Bonchev–Trinajstić information content (AvgIpc) is 2.48. The molecule has 0 saturated carbocycles. The Balaban J connectivity index is 1.82. The molecule has 0 bridgehead atoms. The summed E-state index contributed by atoms with van der Waals surface area (Å²) < 4.78 is 5.55. The van der Waals surface area contributed by atoms with E-state index in [1.807, 2.05) is 30.3 Å². The highest BCUT2D eigenvalue weighted by Crippen LogP contribution is 2.08. The molecule has 0 N–H and O–H groups in total. The number of benzene rings is 1. The van der Waals surface area contributed by atoms with Gasteiger partial charge in [-0.3, -0.25) is 9.78 Å². The number of aromatic nitrogens is 1. The van der Waals surface area contributed by atoms with E-state index in [0.717, 1.165) is 5.75 Å². The van der Waals surface area contributed by atoms with E-state index in [-0.39, 0.29) is 5.91 Å². The molecule has 4 nitrogen and oxygen atoms in total. The van der Waals surface area contributed by atoms with E-state index < -0.39 is 0 Å². The van der Waals surface area contributed by atoms with Gasteiger partial charge in [0.25, 0.3) is 5.91 Å². The first-order chi connectivity index (χ1) is 9.27. The first kappa shape index (κ1) is 13.1. The summed E-state index contributed by atoms with van der Waals surface area (Å²) >= 11 is 0. The number of hydrogen-bond donors (Lipinski definition) is 0. The molecule has 1 heterocycles. The monoisotopic (exact) mass is 256 g/mol. The van der Waals surface area contributed by atoms with Crippen LogP contribution in [0, 0.1) is 0 Å². The van der Waals surface area contributed by atoms with Crippen molar-refractivity contribution in [3.63, 3.8) is 0 Å². The molecular formula is C15H16N2O2. The molecule has 0 aliphatic carbocycles. The van der Waals surface area contributed by atoms with E-state index in [0.29, 0.717) is 18.8 Å². The Morgan fingerprint density at radius 2 is 1.89 bits per heavy atom. The summed E-state index contributed by atoms with van der Waals surface area (Å²) in [7, 11) is 1.74. The van der Waals surface area contributed by atoms with Crippen LogP contribution in [0.25, 0.3) is 0 Å². The molecule has 2 aromatic rings. The summed E-state index contributed by atoms with van der Waals surface area (Å²) in [6.45, 7) is 0.976. The number of nitrogens with zero attached hydrogens (tertiary/aromatic N) is 2. The van der Waals surface area contributed by atoms with Crippen molar-refractivity contribution >= 4 is 5.91 Å². The van der Waals surface area contributed by atoms with Crippen molar-refractivity contribution in [2.24, 2.45) is 0 Å². The molecule has 0 unspecified atom stereocenters. The fourth-order valence-electron chi connectivity index (χ4n) is 1.60. The Labute approximate surface area is 112 Å². The van der Waals surface area contributed by atoms with E-state index in [4.69, 9.17) is 4.74 Å². The summed E-state index contributed by atoms with van der Waals surface area (Å²) in [5.41, 5.74) is 0.449. The fourth-order valence-corrected chi connectivity index (χ4v) is 1.60. The molecule has 4 heteroatoms. The number of likely N-dealkylation sites (N-methyl/N-ethyl adjacent to an activating group) is 1. The molecule has 19 heavy (non-hydrogen) atoms. The molecule has 0 radical (unpaired) electrons. The van der Waals surface area contributed by atoms with Gasteiger partial charge < -0.3 is 9.64 Å². The highest BCUT2D eigenvalue weighted by atomic mass is 16.5. The number of hydrogen-bond acceptors (Lipinski definition) is 3. The molecule has 1 aromatic heterocycles. The topological polar surface area (TPSA) is 42.4 Å². The number of ether oxygens (including phenoxy) is 1. The van der Waals surface area contributed by atoms with Gasteiger partial charge >= 0.3 is 0 Å². The van der Waals surface area contributed by atoms with Crippen molar-refractivity contribution in [2.75, 3.05) is 20.2 Å². The van der Waals surface area contributed by atoms with E-state index in [9.17, 15) is 4.79 Å². The van der Waals surface area contributed by atoms with Crippen molar-refractivity contribution in [1.29, 1.82) is 0 Å². The third-order valence-electron chi connectivity index (χ3n) is 2.67. The van der Waals surface area contributed by atoms with Crippen LogP contribution in [0.2, 0.25) is 0 Å². The molecule has 2 rings (SSSR count). The van der Waals surface area contributed by atoms with Crippen molar-refractivity contribution in [1.82, 2.24) is 9.88 Å². The van der Waals surface area contributed by atoms with Crippen LogP contribution >= 0.6 is 0 Å². The number of amides is 1. The summed E-state index contributed by atoms with van der Waals surface area (Å²) in [4.78, 5) is 17.6. The van der Waals surface area contributed by atoms with Crippen molar-refractivity contribution < 1.29 is 9.53 Å². The Morgan fingerprint density at radius 3 is 2.58 bits per heavy atom.